The van der Waals surface area contributed by atoms with Gasteiger partial charge in [-0.05, 0) is 63.6 Å². The second kappa shape index (κ2) is 5.26. The van der Waals surface area contributed by atoms with Crippen molar-refractivity contribution in [1.29, 1.82) is 0 Å². The van der Waals surface area contributed by atoms with E-state index in [9.17, 15) is 0 Å². The molecule has 1 N–H and O–H groups in total. The molecule has 1 aliphatic heterocycles. The Kier molecular flexibility index (Phi) is 3.84. The van der Waals surface area contributed by atoms with Crippen LogP contribution in [0.1, 0.15) is 44.7 Å². The van der Waals surface area contributed by atoms with Crippen molar-refractivity contribution in [3.63, 3.8) is 0 Å². The molecule has 1 aliphatic carbocycles. The lowest BCUT2D eigenvalue weighted by Crippen LogP contribution is -2.67. The van der Waals surface area contributed by atoms with Crippen molar-refractivity contribution in [3.05, 3.63) is 34.3 Å². The van der Waals surface area contributed by atoms with Gasteiger partial charge in [0.25, 0.3) is 0 Å². The minimum atomic E-state index is 0.172. The van der Waals surface area contributed by atoms with Crippen LogP contribution in [0.2, 0.25) is 5.02 Å². The van der Waals surface area contributed by atoms with Crippen molar-refractivity contribution in [3.8, 4) is 0 Å². The van der Waals surface area contributed by atoms with Gasteiger partial charge in [-0.3, -0.25) is 4.90 Å². The molecule has 2 aliphatic rings. The topological polar surface area (TPSA) is 15.3 Å². The molecule has 0 aromatic heterocycles. The highest BCUT2D eigenvalue weighted by atomic mass is 35.5. The normalized spacial score (nSPS) is 29.6. The summed E-state index contributed by atoms with van der Waals surface area (Å²) in [6, 6.07) is 6.45. The Labute approximate surface area is 133 Å². The molecule has 0 radical (unpaired) electrons. The molecule has 3 rings (SSSR count). The zero-order chi connectivity index (χ0) is 15.3. The van der Waals surface area contributed by atoms with E-state index in [4.69, 9.17) is 11.6 Å². The summed E-state index contributed by atoms with van der Waals surface area (Å²) in [6.07, 6.45) is 2.74. The third-order valence-electron chi connectivity index (χ3n) is 5.26. The van der Waals surface area contributed by atoms with Gasteiger partial charge in [-0.15, -0.1) is 0 Å². The van der Waals surface area contributed by atoms with Gasteiger partial charge in [0, 0.05) is 35.7 Å². The number of hydrogen-bond acceptors (Lipinski definition) is 2. The van der Waals surface area contributed by atoms with Gasteiger partial charge in [0.05, 0.1) is 0 Å². The highest BCUT2D eigenvalue weighted by molar-refractivity contribution is 6.31. The molecule has 116 valence electrons. The average molecular weight is 307 g/mol. The zero-order valence-electron chi connectivity index (χ0n) is 13.7. The lowest BCUT2D eigenvalue weighted by Gasteiger charge is -2.52. The predicted molar refractivity (Wildman–Crippen MR) is 89.8 cm³/mol. The average Bonchev–Trinajstić information content (AvgIpc) is 3.22. The molecular weight excluding hydrogens is 280 g/mol. The number of benzene rings is 1. The fourth-order valence-electron chi connectivity index (χ4n) is 3.57. The lowest BCUT2D eigenvalue weighted by molar-refractivity contribution is 0.00522. The van der Waals surface area contributed by atoms with Crippen molar-refractivity contribution in [2.45, 2.75) is 58.2 Å². The van der Waals surface area contributed by atoms with Crippen molar-refractivity contribution in [2.75, 3.05) is 13.1 Å². The predicted octanol–water partition coefficient (Wildman–Crippen LogP) is 4.00. The van der Waals surface area contributed by atoms with Crippen LogP contribution in [0.5, 0.6) is 0 Å². The van der Waals surface area contributed by atoms with Crippen molar-refractivity contribution < 1.29 is 0 Å². The number of halogens is 1. The first kappa shape index (κ1) is 15.3. The molecule has 21 heavy (non-hydrogen) atoms. The zero-order valence-corrected chi connectivity index (χ0v) is 14.4. The molecule has 1 saturated carbocycles. The second-order valence-electron chi connectivity index (χ2n) is 7.82. The number of piperazine rings is 1. The van der Waals surface area contributed by atoms with Crippen molar-refractivity contribution >= 4 is 11.6 Å². The lowest BCUT2D eigenvalue weighted by atomic mass is 9.85. The van der Waals surface area contributed by atoms with Crippen molar-refractivity contribution in [1.82, 2.24) is 10.2 Å². The molecular formula is C18H27ClN2. The molecule has 1 heterocycles. The van der Waals surface area contributed by atoms with Gasteiger partial charge in [0.15, 0.2) is 0 Å². The number of rotatable bonds is 3. The highest BCUT2D eigenvalue weighted by Gasteiger charge is 2.49. The van der Waals surface area contributed by atoms with Gasteiger partial charge < -0.3 is 5.32 Å². The molecule has 2 fully saturated rings. The van der Waals surface area contributed by atoms with E-state index in [0.29, 0.717) is 0 Å². The van der Waals surface area contributed by atoms with Crippen LogP contribution in [-0.4, -0.2) is 29.1 Å². The Morgan fingerprint density at radius 3 is 2.62 bits per heavy atom. The van der Waals surface area contributed by atoms with E-state index in [1.165, 1.54) is 24.0 Å². The van der Waals surface area contributed by atoms with Gasteiger partial charge in [0.1, 0.15) is 0 Å². The SMILES string of the molecule is Cc1ccc(CN2CC(C)(C)NCC2(C)C2CC2)c(Cl)c1. The van der Waals surface area contributed by atoms with Crippen LogP contribution in [0, 0.1) is 12.8 Å². The highest BCUT2D eigenvalue weighted by Crippen LogP contribution is 2.45. The fraction of sp³-hybridized carbons (Fsp3) is 0.667. The van der Waals surface area contributed by atoms with E-state index in [-0.39, 0.29) is 11.1 Å². The van der Waals surface area contributed by atoms with Crippen LogP contribution in [0.25, 0.3) is 0 Å². The van der Waals surface area contributed by atoms with Gasteiger partial charge in [0.2, 0.25) is 0 Å². The van der Waals surface area contributed by atoms with Crippen LogP contribution in [0.3, 0.4) is 0 Å². The molecule has 0 spiro atoms. The molecule has 1 saturated heterocycles. The third-order valence-corrected chi connectivity index (χ3v) is 5.61. The van der Waals surface area contributed by atoms with Crippen LogP contribution >= 0.6 is 11.6 Å². The summed E-state index contributed by atoms with van der Waals surface area (Å²) in [4.78, 5) is 2.66. The van der Waals surface area contributed by atoms with E-state index in [1.807, 2.05) is 0 Å². The molecule has 1 unspecified atom stereocenters. The number of aryl methyl sites for hydroxylation is 1. The first-order valence-electron chi connectivity index (χ1n) is 8.05. The standard InChI is InChI=1S/C18H27ClN2/c1-13-5-6-14(16(19)9-13)10-21-12-17(2,3)20-11-18(21,4)15-7-8-15/h5-6,9,15,20H,7-8,10-12H2,1-4H3. The Morgan fingerprint density at radius 2 is 2.00 bits per heavy atom. The van der Waals surface area contributed by atoms with Crippen LogP contribution < -0.4 is 5.32 Å². The number of nitrogens with one attached hydrogen (secondary N) is 1. The van der Waals surface area contributed by atoms with E-state index < -0.39 is 0 Å². The second-order valence-corrected chi connectivity index (χ2v) is 8.23. The molecule has 3 heteroatoms. The van der Waals surface area contributed by atoms with E-state index >= 15 is 0 Å². The van der Waals surface area contributed by atoms with Crippen LogP contribution in [-0.2, 0) is 6.54 Å². The summed E-state index contributed by atoms with van der Waals surface area (Å²) in [7, 11) is 0. The third kappa shape index (κ3) is 3.13. The molecule has 0 bridgehead atoms. The summed E-state index contributed by atoms with van der Waals surface area (Å²) in [6.45, 7) is 12.2. The smallest absolute Gasteiger partial charge is 0.0453 e. The summed E-state index contributed by atoms with van der Waals surface area (Å²) in [5.74, 6) is 0.838. The van der Waals surface area contributed by atoms with Crippen molar-refractivity contribution in [2.24, 2.45) is 5.92 Å². The minimum absolute atomic E-state index is 0.172. The van der Waals surface area contributed by atoms with Gasteiger partial charge in [-0.25, -0.2) is 0 Å². The number of nitrogens with zero attached hydrogens (tertiary/aromatic N) is 1. The Bertz CT molecular complexity index is 536. The van der Waals surface area contributed by atoms with Crippen LogP contribution in [0.4, 0.5) is 0 Å². The fourth-order valence-corrected chi connectivity index (χ4v) is 3.87. The monoisotopic (exact) mass is 306 g/mol. The molecule has 2 nitrogen and oxygen atoms in total. The molecule has 0 amide bonds. The summed E-state index contributed by atoms with van der Waals surface area (Å²) >= 11 is 6.47. The maximum absolute atomic E-state index is 6.47. The first-order valence-corrected chi connectivity index (χ1v) is 8.43. The maximum atomic E-state index is 6.47. The summed E-state index contributed by atoms with van der Waals surface area (Å²) in [5.41, 5.74) is 2.93. The van der Waals surface area contributed by atoms with Crippen LogP contribution in [0.15, 0.2) is 18.2 Å². The summed E-state index contributed by atoms with van der Waals surface area (Å²) in [5, 5.41) is 4.64. The first-order chi connectivity index (χ1) is 9.80. The molecule has 1 aromatic rings. The maximum Gasteiger partial charge on any atom is 0.0453 e. The molecule has 1 aromatic carbocycles. The Morgan fingerprint density at radius 1 is 1.29 bits per heavy atom. The van der Waals surface area contributed by atoms with Gasteiger partial charge in [-0.2, -0.15) is 0 Å². The van der Waals surface area contributed by atoms with E-state index in [0.717, 1.165) is 30.6 Å². The van der Waals surface area contributed by atoms with E-state index in [1.54, 1.807) is 0 Å². The van der Waals surface area contributed by atoms with E-state index in [2.05, 4.69) is 56.1 Å². The largest absolute Gasteiger partial charge is 0.309 e. The minimum Gasteiger partial charge on any atom is -0.309 e. The Hall–Kier alpha value is -0.570. The Balaban J connectivity index is 1.85. The molecule has 1 atom stereocenters. The quantitative estimate of drug-likeness (QED) is 0.908. The number of hydrogen-bond donors (Lipinski definition) is 1. The van der Waals surface area contributed by atoms with Gasteiger partial charge >= 0.3 is 0 Å². The van der Waals surface area contributed by atoms with Gasteiger partial charge in [-0.1, -0.05) is 23.7 Å². The summed E-state index contributed by atoms with van der Waals surface area (Å²) < 4.78 is 0.